The number of anilines is 2. The van der Waals surface area contributed by atoms with E-state index >= 15 is 0 Å². The van der Waals surface area contributed by atoms with E-state index in [0.29, 0.717) is 11.6 Å². The fourth-order valence-corrected chi connectivity index (χ4v) is 2.77. The van der Waals surface area contributed by atoms with Crippen LogP contribution in [0.1, 0.15) is 19.4 Å². The smallest absolute Gasteiger partial charge is 0.0991 e. The van der Waals surface area contributed by atoms with E-state index in [9.17, 15) is 0 Å². The Bertz CT molecular complexity index is 826. The highest BCUT2D eigenvalue weighted by molar-refractivity contribution is 5.87. The molecule has 2 nitrogen and oxygen atoms in total. The first-order chi connectivity index (χ1) is 10.7. The molecule has 0 heterocycles. The van der Waals surface area contributed by atoms with E-state index in [4.69, 9.17) is 5.26 Å². The standard InChI is InChI=1S/C20H18N2/c1-15(2)22(19-10-7-16(14-21)8-11-19)20-12-9-17-5-3-4-6-18(17)13-20/h3-13,15H,1-2H3. The van der Waals surface area contributed by atoms with E-state index in [2.05, 4.69) is 67.3 Å². The lowest BCUT2D eigenvalue weighted by atomic mass is 10.1. The lowest BCUT2D eigenvalue weighted by Crippen LogP contribution is -2.25. The SMILES string of the molecule is CC(C)N(c1ccc(C#N)cc1)c1ccc2ccccc2c1. The quantitative estimate of drug-likeness (QED) is 0.657. The van der Waals surface area contributed by atoms with Crippen molar-refractivity contribution in [3.63, 3.8) is 0 Å². The number of hydrogen-bond acceptors (Lipinski definition) is 2. The average Bonchev–Trinajstić information content (AvgIpc) is 2.55. The molecule has 0 radical (unpaired) electrons. The molecule has 2 heteroatoms. The van der Waals surface area contributed by atoms with Crippen LogP contribution >= 0.6 is 0 Å². The van der Waals surface area contributed by atoms with Gasteiger partial charge in [-0.2, -0.15) is 5.26 Å². The highest BCUT2D eigenvalue weighted by atomic mass is 15.2. The fraction of sp³-hybridized carbons (Fsp3) is 0.150. The molecule has 0 aliphatic carbocycles. The first-order valence-electron chi connectivity index (χ1n) is 7.47. The maximum atomic E-state index is 8.95. The van der Waals surface area contributed by atoms with Crippen LogP contribution in [0.25, 0.3) is 10.8 Å². The molecule has 0 N–H and O–H groups in total. The zero-order valence-corrected chi connectivity index (χ0v) is 12.8. The Morgan fingerprint density at radius 3 is 2.09 bits per heavy atom. The Labute approximate surface area is 131 Å². The Kier molecular flexibility index (Phi) is 3.80. The summed E-state index contributed by atoms with van der Waals surface area (Å²) in [6.07, 6.45) is 0. The van der Waals surface area contributed by atoms with Crippen LogP contribution < -0.4 is 4.90 Å². The van der Waals surface area contributed by atoms with Gasteiger partial charge in [-0.15, -0.1) is 0 Å². The molecule has 22 heavy (non-hydrogen) atoms. The van der Waals surface area contributed by atoms with Crippen molar-refractivity contribution in [3.05, 3.63) is 72.3 Å². The molecule has 0 aliphatic heterocycles. The third kappa shape index (κ3) is 2.66. The number of hydrogen-bond donors (Lipinski definition) is 0. The molecule has 3 aromatic carbocycles. The minimum Gasteiger partial charge on any atom is -0.339 e. The first-order valence-corrected chi connectivity index (χ1v) is 7.47. The second-order valence-electron chi connectivity index (χ2n) is 5.65. The molecule has 0 fully saturated rings. The molecule has 0 unspecified atom stereocenters. The summed E-state index contributed by atoms with van der Waals surface area (Å²) in [5, 5.41) is 11.4. The maximum absolute atomic E-state index is 8.95. The van der Waals surface area contributed by atoms with Crippen LogP contribution in [0.2, 0.25) is 0 Å². The van der Waals surface area contributed by atoms with Gasteiger partial charge in [0.2, 0.25) is 0 Å². The van der Waals surface area contributed by atoms with Gasteiger partial charge in [-0.05, 0) is 61.0 Å². The maximum Gasteiger partial charge on any atom is 0.0991 e. The van der Waals surface area contributed by atoms with Crippen molar-refractivity contribution in [2.75, 3.05) is 4.90 Å². The second kappa shape index (κ2) is 5.91. The van der Waals surface area contributed by atoms with Crippen molar-refractivity contribution >= 4 is 22.1 Å². The highest BCUT2D eigenvalue weighted by Gasteiger charge is 2.13. The van der Waals surface area contributed by atoms with Gasteiger partial charge in [0.25, 0.3) is 0 Å². The van der Waals surface area contributed by atoms with Crippen LogP contribution in [0.3, 0.4) is 0 Å². The number of nitriles is 1. The molecular formula is C20H18N2. The fourth-order valence-electron chi connectivity index (χ4n) is 2.77. The van der Waals surface area contributed by atoms with Crippen molar-refractivity contribution < 1.29 is 0 Å². The lowest BCUT2D eigenvalue weighted by Gasteiger charge is -2.29. The minimum absolute atomic E-state index is 0.328. The van der Waals surface area contributed by atoms with Crippen LogP contribution in [0.15, 0.2) is 66.7 Å². The summed E-state index contributed by atoms with van der Waals surface area (Å²) in [4.78, 5) is 2.29. The third-order valence-electron chi connectivity index (χ3n) is 3.80. The molecule has 0 saturated carbocycles. The van der Waals surface area contributed by atoms with E-state index in [1.807, 2.05) is 24.3 Å². The first kappa shape index (κ1) is 14.2. The van der Waals surface area contributed by atoms with Gasteiger partial charge in [-0.25, -0.2) is 0 Å². The molecule has 0 spiro atoms. The molecule has 0 atom stereocenters. The summed E-state index contributed by atoms with van der Waals surface area (Å²) in [5.74, 6) is 0. The predicted octanol–water partition coefficient (Wildman–Crippen LogP) is 5.26. The number of fused-ring (bicyclic) bond motifs is 1. The topological polar surface area (TPSA) is 27.0 Å². The van der Waals surface area contributed by atoms with Crippen molar-refractivity contribution in [2.45, 2.75) is 19.9 Å². The van der Waals surface area contributed by atoms with Gasteiger partial charge in [-0.3, -0.25) is 0 Å². The van der Waals surface area contributed by atoms with Gasteiger partial charge in [-0.1, -0.05) is 30.3 Å². The zero-order valence-electron chi connectivity index (χ0n) is 12.8. The molecule has 3 aromatic rings. The van der Waals surface area contributed by atoms with Crippen LogP contribution in [0.4, 0.5) is 11.4 Å². The van der Waals surface area contributed by atoms with Crippen LogP contribution in [-0.4, -0.2) is 6.04 Å². The number of benzene rings is 3. The Hall–Kier alpha value is -2.79. The van der Waals surface area contributed by atoms with Crippen molar-refractivity contribution in [3.8, 4) is 6.07 Å². The summed E-state index contributed by atoms with van der Waals surface area (Å²) < 4.78 is 0. The number of nitrogens with zero attached hydrogens (tertiary/aromatic N) is 2. The minimum atomic E-state index is 0.328. The molecule has 0 bridgehead atoms. The summed E-state index contributed by atoms with van der Waals surface area (Å²) in [6.45, 7) is 4.35. The molecule has 108 valence electrons. The number of rotatable bonds is 3. The molecule has 0 saturated heterocycles. The largest absolute Gasteiger partial charge is 0.339 e. The Balaban J connectivity index is 2.07. The van der Waals surface area contributed by atoms with Gasteiger partial charge >= 0.3 is 0 Å². The molecule has 0 aliphatic rings. The Morgan fingerprint density at radius 1 is 0.818 bits per heavy atom. The monoisotopic (exact) mass is 286 g/mol. The van der Waals surface area contributed by atoms with E-state index < -0.39 is 0 Å². The summed E-state index contributed by atoms with van der Waals surface area (Å²) in [7, 11) is 0. The summed E-state index contributed by atoms with van der Waals surface area (Å²) in [5.41, 5.74) is 2.95. The van der Waals surface area contributed by atoms with Crippen LogP contribution in [0, 0.1) is 11.3 Å². The van der Waals surface area contributed by atoms with Crippen molar-refractivity contribution in [1.29, 1.82) is 5.26 Å². The van der Waals surface area contributed by atoms with Gasteiger partial charge in [0.15, 0.2) is 0 Å². The van der Waals surface area contributed by atoms with Crippen molar-refractivity contribution in [1.82, 2.24) is 0 Å². The van der Waals surface area contributed by atoms with E-state index in [1.54, 1.807) is 0 Å². The van der Waals surface area contributed by atoms with Gasteiger partial charge in [0.05, 0.1) is 11.6 Å². The van der Waals surface area contributed by atoms with Gasteiger partial charge < -0.3 is 4.90 Å². The van der Waals surface area contributed by atoms with Gasteiger partial charge in [0, 0.05) is 17.4 Å². The zero-order chi connectivity index (χ0) is 15.5. The molecular weight excluding hydrogens is 268 g/mol. The normalized spacial score (nSPS) is 10.6. The predicted molar refractivity (Wildman–Crippen MR) is 92.4 cm³/mol. The second-order valence-corrected chi connectivity index (χ2v) is 5.65. The molecule has 3 rings (SSSR count). The third-order valence-corrected chi connectivity index (χ3v) is 3.80. The molecule has 0 aromatic heterocycles. The molecule has 0 amide bonds. The van der Waals surface area contributed by atoms with E-state index in [-0.39, 0.29) is 0 Å². The average molecular weight is 286 g/mol. The summed E-state index contributed by atoms with van der Waals surface area (Å²) in [6, 6.07) is 25.2. The van der Waals surface area contributed by atoms with E-state index in [1.165, 1.54) is 16.5 Å². The van der Waals surface area contributed by atoms with Crippen molar-refractivity contribution in [2.24, 2.45) is 0 Å². The van der Waals surface area contributed by atoms with Crippen LogP contribution in [0.5, 0.6) is 0 Å². The van der Waals surface area contributed by atoms with E-state index in [0.717, 1.165) is 5.69 Å². The Morgan fingerprint density at radius 2 is 1.45 bits per heavy atom. The van der Waals surface area contributed by atoms with Crippen LogP contribution in [-0.2, 0) is 0 Å². The lowest BCUT2D eigenvalue weighted by molar-refractivity contribution is 0.789. The van der Waals surface area contributed by atoms with Gasteiger partial charge in [0.1, 0.15) is 0 Å². The highest BCUT2D eigenvalue weighted by Crippen LogP contribution is 2.30. The summed E-state index contributed by atoms with van der Waals surface area (Å²) >= 11 is 0.